The Labute approximate surface area is 192 Å². The summed E-state index contributed by atoms with van der Waals surface area (Å²) < 4.78 is 34.4. The summed E-state index contributed by atoms with van der Waals surface area (Å²) in [5.41, 5.74) is 1.71. The lowest BCUT2D eigenvalue weighted by atomic mass is 10.1. The summed E-state index contributed by atoms with van der Waals surface area (Å²) in [4.78, 5) is 17.4. The number of carbonyl (C=O) groups is 1. The minimum atomic E-state index is -4.05. The molecule has 4 aromatic rings. The highest BCUT2D eigenvalue weighted by molar-refractivity contribution is 7.89. The van der Waals surface area contributed by atoms with E-state index < -0.39 is 22.0 Å². The normalized spacial score (nSPS) is 12.3. The molecule has 1 heterocycles. The first kappa shape index (κ1) is 22.4. The summed E-state index contributed by atoms with van der Waals surface area (Å²) in [5, 5.41) is 3.48. The van der Waals surface area contributed by atoms with Crippen LogP contribution in [0.15, 0.2) is 96.0 Å². The summed E-state index contributed by atoms with van der Waals surface area (Å²) in [6, 6.07) is 23.5. The van der Waals surface area contributed by atoms with Crippen molar-refractivity contribution in [2.75, 3.05) is 12.4 Å². The molecule has 1 aromatic heterocycles. The number of hydrogen-bond donors (Lipinski definition) is 2. The molecule has 7 nitrogen and oxygen atoms in total. The van der Waals surface area contributed by atoms with E-state index in [1.165, 1.54) is 6.07 Å². The van der Waals surface area contributed by atoms with Gasteiger partial charge in [-0.15, -0.1) is 0 Å². The molecule has 0 spiro atoms. The van der Waals surface area contributed by atoms with Gasteiger partial charge in [-0.3, -0.25) is 9.78 Å². The van der Waals surface area contributed by atoms with Crippen LogP contribution in [0, 0.1) is 0 Å². The topological polar surface area (TPSA) is 97.4 Å². The van der Waals surface area contributed by atoms with Crippen molar-refractivity contribution in [1.29, 1.82) is 0 Å². The Morgan fingerprint density at radius 1 is 0.939 bits per heavy atom. The Bertz CT molecular complexity index is 1350. The molecule has 33 heavy (non-hydrogen) atoms. The number of sulfonamides is 1. The van der Waals surface area contributed by atoms with Gasteiger partial charge in [0.25, 0.3) is 0 Å². The van der Waals surface area contributed by atoms with Crippen LogP contribution in [0.5, 0.6) is 5.75 Å². The van der Waals surface area contributed by atoms with E-state index in [0.717, 1.165) is 5.56 Å². The molecule has 1 unspecified atom stereocenters. The van der Waals surface area contributed by atoms with Crippen molar-refractivity contribution in [1.82, 2.24) is 9.71 Å². The Morgan fingerprint density at radius 2 is 1.67 bits per heavy atom. The standard InChI is InChI=1S/C25H23N3O4S/c1-32-21-14-12-20(13-15-21)27-25(29)22(17-18-7-3-2-4-8-18)28-33(30,31)23-11-5-9-19-10-6-16-26-24(19)23/h2-16,22,28H,17H2,1H3,(H,27,29). The van der Waals surface area contributed by atoms with Gasteiger partial charge in [0.1, 0.15) is 16.7 Å². The van der Waals surface area contributed by atoms with Crippen molar-refractivity contribution in [2.45, 2.75) is 17.4 Å². The average Bonchev–Trinajstić information content (AvgIpc) is 2.84. The van der Waals surface area contributed by atoms with Crippen LogP contribution in [0.4, 0.5) is 5.69 Å². The Hall–Kier alpha value is -3.75. The monoisotopic (exact) mass is 461 g/mol. The first-order valence-corrected chi connectivity index (χ1v) is 11.8. The lowest BCUT2D eigenvalue weighted by Crippen LogP contribution is -2.45. The molecule has 8 heteroatoms. The van der Waals surface area contributed by atoms with Crippen LogP contribution in [0.25, 0.3) is 10.9 Å². The predicted octanol–water partition coefficient (Wildman–Crippen LogP) is 3.77. The number of ether oxygens (including phenoxy) is 1. The Kier molecular flexibility index (Phi) is 6.67. The summed E-state index contributed by atoms with van der Waals surface area (Å²) >= 11 is 0. The maximum atomic E-state index is 13.3. The van der Waals surface area contributed by atoms with Gasteiger partial charge in [-0.2, -0.15) is 4.72 Å². The van der Waals surface area contributed by atoms with Gasteiger partial charge in [0, 0.05) is 17.3 Å². The summed E-state index contributed by atoms with van der Waals surface area (Å²) in [5.74, 6) is 0.179. The van der Waals surface area contributed by atoms with E-state index in [0.29, 0.717) is 22.3 Å². The van der Waals surface area contributed by atoms with Crippen LogP contribution in [0.1, 0.15) is 5.56 Å². The van der Waals surface area contributed by atoms with Gasteiger partial charge in [-0.25, -0.2) is 8.42 Å². The van der Waals surface area contributed by atoms with Crippen molar-refractivity contribution in [3.63, 3.8) is 0 Å². The molecule has 0 aliphatic rings. The van der Waals surface area contributed by atoms with Crippen molar-refractivity contribution >= 4 is 32.5 Å². The number of methoxy groups -OCH3 is 1. The lowest BCUT2D eigenvalue weighted by Gasteiger charge is -2.19. The number of amides is 1. The highest BCUT2D eigenvalue weighted by atomic mass is 32.2. The average molecular weight is 462 g/mol. The van der Waals surface area contributed by atoms with Gasteiger partial charge in [0.2, 0.25) is 15.9 Å². The van der Waals surface area contributed by atoms with E-state index in [-0.39, 0.29) is 11.3 Å². The molecule has 0 aliphatic heterocycles. The number of anilines is 1. The number of aromatic nitrogens is 1. The van der Waals surface area contributed by atoms with Crippen molar-refractivity contribution in [3.05, 3.63) is 96.7 Å². The number of carbonyl (C=O) groups excluding carboxylic acids is 1. The van der Waals surface area contributed by atoms with E-state index in [2.05, 4.69) is 15.0 Å². The molecular formula is C25H23N3O4S. The quantitative estimate of drug-likeness (QED) is 0.416. The van der Waals surface area contributed by atoms with Gasteiger partial charge < -0.3 is 10.1 Å². The van der Waals surface area contributed by atoms with Gasteiger partial charge in [-0.1, -0.05) is 48.5 Å². The SMILES string of the molecule is COc1ccc(NC(=O)C(Cc2ccccc2)NS(=O)(=O)c2cccc3cccnc23)cc1. The number of hydrogen-bond acceptors (Lipinski definition) is 5. The molecule has 0 bridgehead atoms. The number of nitrogens with zero attached hydrogens (tertiary/aromatic N) is 1. The third kappa shape index (κ3) is 5.36. The first-order chi connectivity index (χ1) is 16.0. The number of pyridine rings is 1. The highest BCUT2D eigenvalue weighted by Gasteiger charge is 2.27. The zero-order valence-electron chi connectivity index (χ0n) is 17.9. The van der Waals surface area contributed by atoms with Crippen LogP contribution >= 0.6 is 0 Å². The Balaban J connectivity index is 1.64. The highest BCUT2D eigenvalue weighted by Crippen LogP contribution is 2.22. The minimum absolute atomic E-state index is 0.0240. The van der Waals surface area contributed by atoms with Crippen molar-refractivity contribution in [3.8, 4) is 5.75 Å². The lowest BCUT2D eigenvalue weighted by molar-refractivity contribution is -0.117. The van der Waals surface area contributed by atoms with E-state index in [1.807, 2.05) is 30.3 Å². The zero-order chi connectivity index (χ0) is 23.3. The minimum Gasteiger partial charge on any atom is -0.497 e. The van der Waals surface area contributed by atoms with Crippen LogP contribution in [-0.4, -0.2) is 32.5 Å². The van der Waals surface area contributed by atoms with Crippen LogP contribution in [0.2, 0.25) is 0 Å². The summed E-state index contributed by atoms with van der Waals surface area (Å²) in [6.45, 7) is 0. The van der Waals surface area contributed by atoms with Gasteiger partial charge in [0.15, 0.2) is 0 Å². The molecule has 1 amide bonds. The number of nitrogens with one attached hydrogen (secondary N) is 2. The van der Waals surface area contributed by atoms with E-state index in [9.17, 15) is 13.2 Å². The third-order valence-electron chi connectivity index (χ3n) is 5.14. The second-order valence-electron chi connectivity index (χ2n) is 7.41. The summed E-state index contributed by atoms with van der Waals surface area (Å²) in [7, 11) is -2.49. The van der Waals surface area contributed by atoms with Gasteiger partial charge >= 0.3 is 0 Å². The fraction of sp³-hybridized carbons (Fsp3) is 0.120. The van der Waals surface area contributed by atoms with Gasteiger partial charge in [-0.05, 0) is 48.4 Å². The second kappa shape index (κ2) is 9.81. The maximum absolute atomic E-state index is 13.3. The molecule has 0 radical (unpaired) electrons. The van der Waals surface area contributed by atoms with Gasteiger partial charge in [0.05, 0.1) is 12.6 Å². The van der Waals surface area contributed by atoms with E-state index in [4.69, 9.17) is 4.74 Å². The van der Waals surface area contributed by atoms with E-state index in [1.54, 1.807) is 61.8 Å². The Morgan fingerprint density at radius 3 is 2.39 bits per heavy atom. The third-order valence-corrected chi connectivity index (χ3v) is 6.64. The molecule has 0 aliphatic carbocycles. The second-order valence-corrected chi connectivity index (χ2v) is 9.10. The van der Waals surface area contributed by atoms with E-state index >= 15 is 0 Å². The van der Waals surface area contributed by atoms with Crippen LogP contribution in [-0.2, 0) is 21.2 Å². The molecule has 3 aromatic carbocycles. The number of benzene rings is 3. The predicted molar refractivity (Wildman–Crippen MR) is 128 cm³/mol. The first-order valence-electron chi connectivity index (χ1n) is 10.3. The summed E-state index contributed by atoms with van der Waals surface area (Å²) in [6.07, 6.45) is 1.72. The molecular weight excluding hydrogens is 438 g/mol. The molecule has 0 fully saturated rings. The number of para-hydroxylation sites is 1. The van der Waals surface area contributed by atoms with Crippen molar-refractivity contribution < 1.29 is 17.9 Å². The van der Waals surface area contributed by atoms with Crippen molar-refractivity contribution in [2.24, 2.45) is 0 Å². The molecule has 1 atom stereocenters. The molecule has 4 rings (SSSR count). The smallest absolute Gasteiger partial charge is 0.243 e. The fourth-order valence-electron chi connectivity index (χ4n) is 3.49. The molecule has 168 valence electrons. The largest absolute Gasteiger partial charge is 0.497 e. The van der Waals surface area contributed by atoms with Crippen LogP contribution in [0.3, 0.4) is 0 Å². The number of rotatable bonds is 8. The molecule has 0 saturated heterocycles. The maximum Gasteiger partial charge on any atom is 0.243 e. The molecule has 0 saturated carbocycles. The van der Waals surface area contributed by atoms with Crippen LogP contribution < -0.4 is 14.8 Å². The number of fused-ring (bicyclic) bond motifs is 1. The zero-order valence-corrected chi connectivity index (χ0v) is 18.7. The fourth-order valence-corrected chi connectivity index (χ4v) is 4.86. The molecule has 2 N–H and O–H groups in total.